The lowest BCUT2D eigenvalue weighted by Gasteiger charge is -2.38. The zero-order chi connectivity index (χ0) is 14.6. The number of benzene rings is 1. The van der Waals surface area contributed by atoms with Gasteiger partial charge >= 0.3 is 0 Å². The lowest BCUT2D eigenvalue weighted by Crippen LogP contribution is -2.44. The van der Waals surface area contributed by atoms with E-state index in [1.165, 1.54) is 0 Å². The van der Waals surface area contributed by atoms with Gasteiger partial charge in [-0.3, -0.25) is 4.79 Å². The third-order valence-electron chi connectivity index (χ3n) is 4.09. The van der Waals surface area contributed by atoms with Gasteiger partial charge in [-0.05, 0) is 24.3 Å². The van der Waals surface area contributed by atoms with E-state index < -0.39 is 5.41 Å². The molecule has 3 heteroatoms. The number of nitrogens with zero attached hydrogens (tertiary/aromatic N) is 2. The van der Waals surface area contributed by atoms with Crippen molar-refractivity contribution in [3.05, 3.63) is 35.9 Å². The van der Waals surface area contributed by atoms with Crippen molar-refractivity contribution in [1.82, 2.24) is 4.90 Å². The quantitative estimate of drug-likeness (QED) is 0.847. The first-order valence-corrected chi connectivity index (χ1v) is 7.32. The van der Waals surface area contributed by atoms with E-state index >= 15 is 0 Å². The van der Waals surface area contributed by atoms with Crippen LogP contribution in [-0.2, 0) is 10.2 Å². The molecule has 1 aromatic rings. The van der Waals surface area contributed by atoms with Crippen molar-refractivity contribution >= 4 is 5.91 Å². The van der Waals surface area contributed by atoms with E-state index in [-0.39, 0.29) is 5.91 Å². The molecular weight excluding hydrogens is 248 g/mol. The summed E-state index contributed by atoms with van der Waals surface area (Å²) >= 11 is 0. The maximum absolute atomic E-state index is 12.1. The first-order valence-electron chi connectivity index (χ1n) is 7.32. The van der Waals surface area contributed by atoms with Gasteiger partial charge in [-0.15, -0.1) is 0 Å². The fourth-order valence-corrected chi connectivity index (χ4v) is 2.84. The van der Waals surface area contributed by atoms with Crippen molar-refractivity contribution in [1.29, 1.82) is 5.26 Å². The molecular formula is C17H22N2O. The molecule has 0 spiro atoms. The number of likely N-dealkylation sites (tertiary alicyclic amines) is 1. The molecule has 0 unspecified atom stereocenters. The number of amides is 1. The van der Waals surface area contributed by atoms with Crippen molar-refractivity contribution in [2.24, 2.45) is 5.92 Å². The number of rotatable bonds is 3. The highest BCUT2D eigenvalue weighted by molar-refractivity contribution is 5.76. The van der Waals surface area contributed by atoms with Crippen molar-refractivity contribution in [2.75, 3.05) is 13.1 Å². The number of hydrogen-bond donors (Lipinski definition) is 0. The van der Waals surface area contributed by atoms with Crippen LogP contribution in [-0.4, -0.2) is 23.9 Å². The summed E-state index contributed by atoms with van der Waals surface area (Å²) in [5.41, 5.74) is 0.661. The average molecular weight is 270 g/mol. The number of nitriles is 1. The molecule has 20 heavy (non-hydrogen) atoms. The molecule has 0 aliphatic carbocycles. The van der Waals surface area contributed by atoms with Gasteiger partial charge in [0.25, 0.3) is 0 Å². The van der Waals surface area contributed by atoms with Gasteiger partial charge in [-0.1, -0.05) is 44.2 Å². The summed E-state index contributed by atoms with van der Waals surface area (Å²) in [6.45, 7) is 5.50. The number of hydrogen-bond acceptors (Lipinski definition) is 2. The van der Waals surface area contributed by atoms with Crippen LogP contribution in [0.5, 0.6) is 0 Å². The number of carbonyl (C=O) groups is 1. The van der Waals surface area contributed by atoms with E-state index in [9.17, 15) is 10.1 Å². The molecule has 3 nitrogen and oxygen atoms in total. The number of piperidine rings is 1. The maximum atomic E-state index is 12.1. The van der Waals surface area contributed by atoms with Crippen molar-refractivity contribution in [2.45, 2.75) is 38.5 Å². The summed E-state index contributed by atoms with van der Waals surface area (Å²) in [6, 6.07) is 12.5. The maximum Gasteiger partial charge on any atom is 0.222 e. The lowest BCUT2D eigenvalue weighted by atomic mass is 9.74. The summed E-state index contributed by atoms with van der Waals surface area (Å²) < 4.78 is 0. The second-order valence-electron chi connectivity index (χ2n) is 6.04. The largest absolute Gasteiger partial charge is 0.343 e. The molecule has 106 valence electrons. The Balaban J connectivity index is 2.06. The van der Waals surface area contributed by atoms with Gasteiger partial charge in [-0.2, -0.15) is 5.26 Å². The standard InChI is InChI=1S/C17H22N2O/c1-14(2)12-16(20)19-10-8-17(13-18,9-11-19)15-6-4-3-5-7-15/h3-7,14H,8-12H2,1-2H3. The number of carbonyl (C=O) groups excluding carboxylic acids is 1. The Morgan fingerprint density at radius 3 is 2.40 bits per heavy atom. The highest BCUT2D eigenvalue weighted by Gasteiger charge is 2.37. The fourth-order valence-electron chi connectivity index (χ4n) is 2.84. The molecule has 0 aromatic heterocycles. The minimum Gasteiger partial charge on any atom is -0.343 e. The molecule has 0 bridgehead atoms. The van der Waals surface area contributed by atoms with Crippen LogP contribution >= 0.6 is 0 Å². The Labute approximate surface area is 121 Å². The van der Waals surface area contributed by atoms with Crippen molar-refractivity contribution < 1.29 is 4.79 Å². The molecule has 1 saturated heterocycles. The molecule has 1 heterocycles. The van der Waals surface area contributed by atoms with Crippen LogP contribution in [0.25, 0.3) is 0 Å². The summed E-state index contributed by atoms with van der Waals surface area (Å²) in [4.78, 5) is 14.0. The van der Waals surface area contributed by atoms with E-state index in [0.717, 1.165) is 18.4 Å². The van der Waals surface area contributed by atoms with Crippen LogP contribution in [0.2, 0.25) is 0 Å². The van der Waals surface area contributed by atoms with E-state index in [1.807, 2.05) is 35.2 Å². The molecule has 1 aliphatic rings. The monoisotopic (exact) mass is 270 g/mol. The van der Waals surface area contributed by atoms with Gasteiger partial charge in [0, 0.05) is 19.5 Å². The summed E-state index contributed by atoms with van der Waals surface area (Å²) in [6.07, 6.45) is 2.07. The Kier molecular flexibility index (Phi) is 4.44. The smallest absolute Gasteiger partial charge is 0.222 e. The van der Waals surface area contributed by atoms with Crippen LogP contribution in [0.1, 0.15) is 38.7 Å². The summed E-state index contributed by atoms with van der Waals surface area (Å²) in [5, 5.41) is 9.61. The average Bonchev–Trinajstić information content (AvgIpc) is 2.47. The predicted molar refractivity (Wildman–Crippen MR) is 79.0 cm³/mol. The van der Waals surface area contributed by atoms with Gasteiger partial charge in [0.05, 0.1) is 11.5 Å². The van der Waals surface area contributed by atoms with Gasteiger partial charge in [-0.25, -0.2) is 0 Å². The molecule has 1 fully saturated rings. The van der Waals surface area contributed by atoms with Gasteiger partial charge in [0.15, 0.2) is 0 Å². The van der Waals surface area contributed by atoms with Crippen LogP contribution < -0.4 is 0 Å². The molecule has 1 aliphatic heterocycles. The SMILES string of the molecule is CC(C)CC(=O)N1CCC(C#N)(c2ccccc2)CC1. The van der Waals surface area contributed by atoms with Gasteiger partial charge < -0.3 is 4.90 Å². The molecule has 0 N–H and O–H groups in total. The molecule has 0 atom stereocenters. The Morgan fingerprint density at radius 1 is 1.30 bits per heavy atom. The van der Waals surface area contributed by atoms with Gasteiger partial charge in [0.1, 0.15) is 0 Å². The zero-order valence-corrected chi connectivity index (χ0v) is 12.3. The topological polar surface area (TPSA) is 44.1 Å². The van der Waals surface area contributed by atoms with Crippen molar-refractivity contribution in [3.8, 4) is 6.07 Å². The highest BCUT2D eigenvalue weighted by Crippen LogP contribution is 2.35. The highest BCUT2D eigenvalue weighted by atomic mass is 16.2. The molecule has 1 aromatic carbocycles. The molecule has 0 radical (unpaired) electrons. The van der Waals surface area contributed by atoms with Crippen LogP contribution in [0, 0.1) is 17.2 Å². The first-order chi connectivity index (χ1) is 9.57. The Hall–Kier alpha value is -1.82. The normalized spacial score (nSPS) is 17.8. The molecule has 1 amide bonds. The zero-order valence-electron chi connectivity index (χ0n) is 12.3. The first kappa shape index (κ1) is 14.6. The minimum atomic E-state index is -0.421. The van der Waals surface area contributed by atoms with E-state index in [0.29, 0.717) is 25.4 Å². The summed E-state index contributed by atoms with van der Waals surface area (Å²) in [7, 11) is 0. The van der Waals surface area contributed by atoms with E-state index in [1.54, 1.807) is 0 Å². The fraction of sp³-hybridized carbons (Fsp3) is 0.529. The Morgan fingerprint density at radius 2 is 1.90 bits per heavy atom. The second-order valence-corrected chi connectivity index (χ2v) is 6.04. The van der Waals surface area contributed by atoms with E-state index in [2.05, 4.69) is 19.9 Å². The third-order valence-corrected chi connectivity index (χ3v) is 4.09. The Bertz CT molecular complexity index is 493. The van der Waals surface area contributed by atoms with E-state index in [4.69, 9.17) is 0 Å². The predicted octanol–water partition coefficient (Wildman–Crippen LogP) is 3.12. The second kappa shape index (κ2) is 6.09. The van der Waals surface area contributed by atoms with Crippen LogP contribution in [0.3, 0.4) is 0 Å². The molecule has 0 saturated carbocycles. The third kappa shape index (κ3) is 3.01. The van der Waals surface area contributed by atoms with Crippen LogP contribution in [0.4, 0.5) is 0 Å². The van der Waals surface area contributed by atoms with Crippen LogP contribution in [0.15, 0.2) is 30.3 Å². The molecule has 2 rings (SSSR count). The summed E-state index contributed by atoms with van der Waals surface area (Å²) in [5.74, 6) is 0.610. The van der Waals surface area contributed by atoms with Crippen molar-refractivity contribution in [3.63, 3.8) is 0 Å². The lowest BCUT2D eigenvalue weighted by molar-refractivity contribution is -0.133. The van der Waals surface area contributed by atoms with Gasteiger partial charge in [0.2, 0.25) is 5.91 Å². The minimum absolute atomic E-state index is 0.222.